The van der Waals surface area contributed by atoms with Crippen LogP contribution in [-0.2, 0) is 0 Å². The maximum Gasteiger partial charge on any atom is 0.0269 e. The van der Waals surface area contributed by atoms with Crippen molar-refractivity contribution in [2.75, 3.05) is 0 Å². The molecule has 0 aliphatic heterocycles. The second-order valence-corrected chi connectivity index (χ2v) is 35.4. The second kappa shape index (κ2) is 42.9. The fourth-order valence-corrected chi connectivity index (χ4v) is 14.6. The van der Waals surface area contributed by atoms with Crippen LogP contribution < -0.4 is 0 Å². The Bertz CT molecular complexity index is 4170. The van der Waals surface area contributed by atoms with Gasteiger partial charge >= 0.3 is 0 Å². The van der Waals surface area contributed by atoms with E-state index in [2.05, 4.69) is 389 Å². The van der Waals surface area contributed by atoms with Crippen LogP contribution in [0.25, 0.3) is 0 Å². The first kappa shape index (κ1) is 69.0. The van der Waals surface area contributed by atoms with Gasteiger partial charge < -0.3 is 0 Å². The largest absolute Gasteiger partial charge is 0.0651 e. The maximum atomic E-state index is 7.72. The van der Waals surface area contributed by atoms with Crippen molar-refractivity contribution >= 4 is 0 Å². The minimum absolute atomic E-state index is 0.0685. The Hall–Kier alpha value is -5.46. The highest BCUT2D eigenvalue weighted by Gasteiger charge is 2.68. The van der Waals surface area contributed by atoms with Crippen molar-refractivity contribution in [2.24, 2.45) is 72.4 Å². The topological polar surface area (TPSA) is 0 Å². The van der Waals surface area contributed by atoms with E-state index < -0.39 is 69.2 Å². The van der Waals surface area contributed by atoms with Gasteiger partial charge in [0.25, 0.3) is 0 Å². The molecule has 11 rings (SSSR count). The molecular formula is C104H166. The van der Waals surface area contributed by atoms with E-state index >= 15 is 0 Å². The molecule has 0 heterocycles. The molecule has 4 fully saturated rings. The van der Waals surface area contributed by atoms with Crippen LogP contribution in [0.1, 0.15) is 336 Å². The van der Waals surface area contributed by atoms with Crippen molar-refractivity contribution in [3.05, 3.63) is 247 Å². The fourth-order valence-electron chi connectivity index (χ4n) is 14.6. The lowest BCUT2D eigenvalue weighted by molar-refractivity contribution is -0.242. The molecule has 0 saturated heterocycles. The van der Waals surface area contributed by atoms with Crippen molar-refractivity contribution in [2.45, 2.75) is 333 Å². The predicted octanol–water partition coefficient (Wildman–Crippen LogP) is 32.8. The summed E-state index contributed by atoms with van der Waals surface area (Å²) in [6.07, 6.45) is -25.7. The molecule has 0 unspecified atom stereocenters. The smallest absolute Gasteiger partial charge is 0.0269 e. The van der Waals surface area contributed by atoms with E-state index in [1.807, 2.05) is 18.2 Å². The van der Waals surface area contributed by atoms with Crippen LogP contribution in [0.5, 0.6) is 0 Å². The number of aryl methyl sites for hydroxylation is 15. The lowest BCUT2D eigenvalue weighted by Gasteiger charge is -2.72. The summed E-state index contributed by atoms with van der Waals surface area (Å²) in [5.41, 5.74) is 25.1. The van der Waals surface area contributed by atoms with Crippen molar-refractivity contribution in [1.82, 2.24) is 0 Å². The third kappa shape index (κ3) is 27.6. The molecule has 0 bridgehead atoms. The monoisotopic (exact) mass is 1430 g/mol. The van der Waals surface area contributed by atoms with Crippen molar-refractivity contribution in [1.29, 1.82) is 0 Å². The summed E-state index contributed by atoms with van der Waals surface area (Å²) < 4.78 is 137. The zero-order valence-corrected chi connectivity index (χ0v) is 73.7. The van der Waals surface area contributed by atoms with E-state index in [1.165, 1.54) is 103 Å². The van der Waals surface area contributed by atoms with Gasteiger partial charge in [-0.1, -0.05) is 430 Å². The van der Waals surface area contributed by atoms with Crippen LogP contribution in [0.15, 0.2) is 158 Å². The second-order valence-electron chi connectivity index (χ2n) is 35.4. The molecule has 4 saturated carbocycles. The Balaban J connectivity index is 0.000000680. The van der Waals surface area contributed by atoms with Crippen LogP contribution in [0, 0.1) is 183 Å². The summed E-state index contributed by atoms with van der Waals surface area (Å²) in [6.45, 7) is 86.0. The number of rotatable bonds is 2. The summed E-state index contributed by atoms with van der Waals surface area (Å²) in [5, 5.41) is 0. The Morgan fingerprint density at radius 3 is 0.740 bits per heavy atom. The predicted molar refractivity (Wildman–Crippen MR) is 472 cm³/mol. The molecule has 104 heavy (non-hydrogen) atoms. The molecular weight excluding hydrogens is 1250 g/mol. The minimum atomic E-state index is -3.27. The molecule has 0 nitrogen and oxygen atoms in total. The van der Waals surface area contributed by atoms with Crippen molar-refractivity contribution in [3.63, 3.8) is 0 Å². The Kier molecular flexibility index (Phi) is 28.5. The first-order valence-electron chi connectivity index (χ1n) is 47.8. The van der Waals surface area contributed by atoms with Crippen molar-refractivity contribution in [3.8, 4) is 0 Å². The van der Waals surface area contributed by atoms with Crippen LogP contribution in [0.3, 0.4) is 0 Å². The highest BCUT2D eigenvalue weighted by atomic mass is 14.7. The van der Waals surface area contributed by atoms with Crippen LogP contribution in [-0.4, -0.2) is 0 Å². The standard InChI is InChI=1S/C17H34.C14H28.3C9H12.3C8H10.C8H16.C7H8.C7H14/c1-12-13(2,3)15(6,7)17(10,11)16(8,9)14(12,4)5;1-10-11(2,3)13(6,7)14(8,9)12(10,4)5;1-7-4-8(2)6-9(3)5-7;1-7-4-5-8(2)9(3)6-7;1-7-5-4-6-8(2)9(7)3;1-7-3-5-8(2)6-4-7;1-7-4-3-5-8(2)6-7;1-7-5-3-4-6-8(7)2;1-2-8-6-4-3-5-7-8;1-7-5-3-2-4-6-7;1-2-7-5-3-4-6-7/h12H,1-11H3;10H,1-9H3;3*4-6H,1-3H3;3*3-6H,1-2H3;8H,2-7H2,1H3;2-6H,1H3;7H,2-6H2,1H3/i;;;;;;;;3D2,4D2,5D2,6D2,7D2;;3D2,4D2,5D2,6D2. The number of benzene rings is 7. The zero-order valence-electron chi connectivity index (χ0n) is 91.7. The van der Waals surface area contributed by atoms with Crippen LogP contribution in [0.4, 0.5) is 0 Å². The van der Waals surface area contributed by atoms with Gasteiger partial charge in [-0.2, -0.15) is 0 Å². The van der Waals surface area contributed by atoms with Crippen LogP contribution in [0.2, 0.25) is 0 Å². The van der Waals surface area contributed by atoms with E-state index in [1.54, 1.807) is 0 Å². The quantitative estimate of drug-likeness (QED) is 0.162. The summed E-state index contributed by atoms with van der Waals surface area (Å²) >= 11 is 0. The summed E-state index contributed by atoms with van der Waals surface area (Å²) in [6, 6.07) is 55.0. The van der Waals surface area contributed by atoms with Gasteiger partial charge in [-0.15, -0.1) is 0 Å². The molecule has 0 amide bonds. The van der Waals surface area contributed by atoms with Gasteiger partial charge in [-0.25, -0.2) is 0 Å². The molecule has 0 spiro atoms. The van der Waals surface area contributed by atoms with Crippen molar-refractivity contribution < 1.29 is 24.7 Å². The SMILES string of the molecule is CC1C(C)(C)C(C)(C)C(C)(C)C(C)(C)C1(C)C.CC1C(C)(C)C(C)(C)C(C)(C)C1(C)C.Cc1cc(C)cc(C)c1.Cc1ccc(C)c(C)c1.Cc1ccc(C)cc1.Cc1cccc(C)c1.Cc1cccc(C)c1C.Cc1ccccc1.Cc1ccccc1C.[2H]C1([2H])C(CC)C([2H])([2H])C([2H])([2H])C([2H])([2H])C1([2H])[2H].[2H]C1([2H])C(CC)C([2H])([2H])C([2H])([2H])C1([2H])[2H]. The van der Waals surface area contributed by atoms with Gasteiger partial charge in [0, 0.05) is 24.7 Å². The van der Waals surface area contributed by atoms with Gasteiger partial charge in [0.1, 0.15) is 0 Å². The molecule has 4 aliphatic rings. The number of hydrogen-bond donors (Lipinski definition) is 0. The average molecular weight is 1430 g/mol. The Labute approximate surface area is 674 Å². The lowest BCUT2D eigenvalue weighted by atomic mass is 9.32. The fraction of sp³-hybridized carbons (Fsp3) is 0.596. The molecule has 0 radical (unpaired) electrons. The first-order valence-corrected chi connectivity index (χ1v) is 38.8. The lowest BCUT2D eigenvalue weighted by Crippen LogP contribution is -2.66. The highest BCUT2D eigenvalue weighted by Crippen LogP contribution is 2.74. The first-order chi connectivity index (χ1) is 54.6. The van der Waals surface area contributed by atoms with Crippen LogP contribution >= 0.6 is 0 Å². The van der Waals surface area contributed by atoms with Gasteiger partial charge in [0.15, 0.2) is 0 Å². The van der Waals surface area contributed by atoms with Gasteiger partial charge in [-0.3, -0.25) is 0 Å². The molecule has 7 aromatic carbocycles. The van der Waals surface area contributed by atoms with Gasteiger partial charge in [-0.05, 0) is 222 Å². The van der Waals surface area contributed by atoms with Gasteiger partial charge in [0.2, 0.25) is 0 Å². The zero-order chi connectivity index (χ0) is 96.3. The molecule has 582 valence electrons. The minimum Gasteiger partial charge on any atom is -0.0651 e. The van der Waals surface area contributed by atoms with E-state index in [0.29, 0.717) is 54.7 Å². The molecule has 4 aliphatic carbocycles. The van der Waals surface area contributed by atoms with E-state index in [4.69, 9.17) is 24.7 Å². The molecule has 0 heteroatoms. The molecule has 7 aromatic rings. The molecule has 0 aromatic heterocycles. The van der Waals surface area contributed by atoms with Gasteiger partial charge in [0.05, 0.1) is 0 Å². The Morgan fingerprint density at radius 2 is 0.490 bits per heavy atom. The summed E-state index contributed by atoms with van der Waals surface area (Å²) in [5.74, 6) is -1.35. The normalized spacial score (nSPS) is 25.5. The van der Waals surface area contributed by atoms with E-state index in [9.17, 15) is 0 Å². The molecule has 0 N–H and O–H groups in total. The highest BCUT2D eigenvalue weighted by molar-refractivity contribution is 5.32. The Morgan fingerprint density at radius 1 is 0.250 bits per heavy atom. The average Bonchev–Trinajstić information content (AvgIpc) is 1.25. The third-order valence-corrected chi connectivity index (χ3v) is 27.1. The third-order valence-electron chi connectivity index (χ3n) is 27.1. The molecule has 0 atom stereocenters. The maximum absolute atomic E-state index is 7.72. The summed E-state index contributed by atoms with van der Waals surface area (Å²) in [4.78, 5) is 0. The van der Waals surface area contributed by atoms with E-state index in [0.717, 1.165) is 5.92 Å². The number of hydrogen-bond acceptors (Lipinski definition) is 0. The summed E-state index contributed by atoms with van der Waals surface area (Å²) in [7, 11) is 0. The van der Waals surface area contributed by atoms with E-state index in [-0.39, 0.29) is 12.8 Å².